The predicted molar refractivity (Wildman–Crippen MR) is 59.3 cm³/mol. The number of fused-ring (bicyclic) bond motifs is 1. The molecule has 5 heteroatoms. The Morgan fingerprint density at radius 1 is 1.29 bits per heavy atom. The van der Waals surface area contributed by atoms with Gasteiger partial charge < -0.3 is 19.7 Å². The van der Waals surface area contributed by atoms with Gasteiger partial charge in [-0.3, -0.25) is 4.79 Å². The molecule has 92 valence electrons. The molecular formula is C12H14O5. The van der Waals surface area contributed by atoms with Crippen LogP contribution in [0.4, 0.5) is 0 Å². The van der Waals surface area contributed by atoms with Crippen molar-refractivity contribution >= 4 is 5.97 Å². The molecule has 0 amide bonds. The largest absolute Gasteiger partial charge is 0.490 e. The fourth-order valence-electron chi connectivity index (χ4n) is 1.67. The van der Waals surface area contributed by atoms with Crippen LogP contribution in [0.5, 0.6) is 11.5 Å². The van der Waals surface area contributed by atoms with Gasteiger partial charge in [0.25, 0.3) is 0 Å². The molecule has 0 saturated carbocycles. The zero-order valence-electron chi connectivity index (χ0n) is 9.26. The maximum atomic E-state index is 10.5. The van der Waals surface area contributed by atoms with Crippen LogP contribution in [0.15, 0.2) is 18.2 Å². The molecule has 0 saturated heterocycles. The molecule has 0 radical (unpaired) electrons. The maximum Gasteiger partial charge on any atom is 0.306 e. The summed E-state index contributed by atoms with van der Waals surface area (Å²) in [6.07, 6.45) is -0.536. The molecule has 17 heavy (non-hydrogen) atoms. The Labute approximate surface area is 98.6 Å². The highest BCUT2D eigenvalue weighted by molar-refractivity contribution is 5.67. The minimum atomic E-state index is -1.04. The summed E-state index contributed by atoms with van der Waals surface area (Å²) >= 11 is 0. The Balaban J connectivity index is 2.20. The Bertz CT molecular complexity index is 415. The Kier molecular flexibility index (Phi) is 3.49. The van der Waals surface area contributed by atoms with Crippen LogP contribution in [0.3, 0.4) is 0 Å². The second kappa shape index (κ2) is 5.05. The number of carbonyl (C=O) groups is 1. The summed E-state index contributed by atoms with van der Waals surface area (Å²) in [5.41, 5.74) is 0.525. The summed E-state index contributed by atoms with van der Waals surface area (Å²) in [5.74, 6) is 0.155. The maximum absolute atomic E-state index is 10.5. The van der Waals surface area contributed by atoms with E-state index in [1.54, 1.807) is 18.2 Å². The number of benzene rings is 1. The smallest absolute Gasteiger partial charge is 0.306 e. The molecule has 1 aromatic rings. The Morgan fingerprint density at radius 3 is 2.71 bits per heavy atom. The second-order valence-electron chi connectivity index (χ2n) is 3.87. The molecule has 0 fully saturated rings. The average molecular weight is 238 g/mol. The van der Waals surface area contributed by atoms with E-state index in [2.05, 4.69) is 0 Å². The molecule has 5 nitrogen and oxygen atoms in total. The average Bonchev–Trinajstić information content (AvgIpc) is 2.51. The van der Waals surface area contributed by atoms with Gasteiger partial charge in [-0.25, -0.2) is 0 Å². The number of aliphatic hydroxyl groups excluding tert-OH is 1. The zero-order valence-corrected chi connectivity index (χ0v) is 9.26. The van der Waals surface area contributed by atoms with Crippen LogP contribution >= 0.6 is 0 Å². The van der Waals surface area contributed by atoms with E-state index < -0.39 is 12.1 Å². The fraction of sp³-hybridized carbons (Fsp3) is 0.417. The van der Waals surface area contributed by atoms with Gasteiger partial charge >= 0.3 is 5.97 Å². The highest BCUT2D eigenvalue weighted by atomic mass is 16.5. The van der Waals surface area contributed by atoms with Gasteiger partial charge in [0, 0.05) is 6.42 Å². The van der Waals surface area contributed by atoms with Crippen molar-refractivity contribution in [1.29, 1.82) is 0 Å². The van der Waals surface area contributed by atoms with Gasteiger partial charge in [0.2, 0.25) is 0 Å². The lowest BCUT2D eigenvalue weighted by Gasteiger charge is -2.12. The molecule has 0 spiro atoms. The van der Waals surface area contributed by atoms with Gasteiger partial charge in [0.1, 0.15) is 0 Å². The van der Waals surface area contributed by atoms with Crippen LogP contribution in [0.1, 0.15) is 24.5 Å². The topological polar surface area (TPSA) is 76.0 Å². The van der Waals surface area contributed by atoms with Gasteiger partial charge in [-0.05, 0) is 17.7 Å². The van der Waals surface area contributed by atoms with E-state index in [-0.39, 0.29) is 6.42 Å². The van der Waals surface area contributed by atoms with E-state index in [0.717, 1.165) is 6.42 Å². The van der Waals surface area contributed by atoms with Crippen LogP contribution < -0.4 is 9.47 Å². The standard InChI is InChI=1S/C12H14O5/c13-9(7-12(14)15)8-2-3-10-11(6-8)17-5-1-4-16-10/h2-3,6,9,13H,1,4-5,7H2,(H,14,15). The van der Waals surface area contributed by atoms with Crippen molar-refractivity contribution < 1.29 is 24.5 Å². The molecule has 1 aliphatic heterocycles. The summed E-state index contributed by atoms with van der Waals surface area (Å²) in [4.78, 5) is 10.5. The molecule has 2 rings (SSSR count). The van der Waals surface area contributed by atoms with Crippen molar-refractivity contribution in [2.75, 3.05) is 13.2 Å². The van der Waals surface area contributed by atoms with Gasteiger partial charge in [-0.15, -0.1) is 0 Å². The van der Waals surface area contributed by atoms with Crippen LogP contribution in [0, 0.1) is 0 Å². The first-order valence-electron chi connectivity index (χ1n) is 5.46. The monoisotopic (exact) mass is 238 g/mol. The third kappa shape index (κ3) is 2.88. The highest BCUT2D eigenvalue weighted by Gasteiger charge is 2.16. The first kappa shape index (κ1) is 11.7. The first-order valence-corrected chi connectivity index (χ1v) is 5.46. The summed E-state index contributed by atoms with van der Waals surface area (Å²) in [6, 6.07) is 4.98. The highest BCUT2D eigenvalue weighted by Crippen LogP contribution is 2.32. The zero-order chi connectivity index (χ0) is 12.3. The van der Waals surface area contributed by atoms with E-state index in [1.807, 2.05) is 0 Å². The molecule has 0 bridgehead atoms. The van der Waals surface area contributed by atoms with Crippen molar-refractivity contribution in [1.82, 2.24) is 0 Å². The van der Waals surface area contributed by atoms with Gasteiger partial charge in [0.05, 0.1) is 25.7 Å². The van der Waals surface area contributed by atoms with Crippen molar-refractivity contribution in [3.8, 4) is 11.5 Å². The number of aliphatic carboxylic acids is 1. The van der Waals surface area contributed by atoms with E-state index in [0.29, 0.717) is 30.3 Å². The third-order valence-corrected chi connectivity index (χ3v) is 2.52. The fourth-order valence-corrected chi connectivity index (χ4v) is 1.67. The number of hydrogen-bond acceptors (Lipinski definition) is 4. The second-order valence-corrected chi connectivity index (χ2v) is 3.87. The van der Waals surface area contributed by atoms with Crippen molar-refractivity contribution in [3.63, 3.8) is 0 Å². The molecule has 1 unspecified atom stereocenters. The molecule has 2 N–H and O–H groups in total. The van der Waals surface area contributed by atoms with Crippen molar-refractivity contribution in [2.24, 2.45) is 0 Å². The van der Waals surface area contributed by atoms with Gasteiger partial charge in [-0.1, -0.05) is 6.07 Å². The summed E-state index contributed by atoms with van der Waals surface area (Å²) in [5, 5.41) is 18.3. The third-order valence-electron chi connectivity index (χ3n) is 2.52. The van der Waals surface area contributed by atoms with Gasteiger partial charge in [-0.2, -0.15) is 0 Å². The number of aliphatic hydroxyl groups is 1. The summed E-state index contributed by atoms with van der Waals surface area (Å²) in [7, 11) is 0. The minimum Gasteiger partial charge on any atom is -0.490 e. The van der Waals surface area contributed by atoms with Crippen LogP contribution in [0.25, 0.3) is 0 Å². The lowest BCUT2D eigenvalue weighted by molar-refractivity contribution is -0.139. The van der Waals surface area contributed by atoms with Crippen molar-refractivity contribution in [3.05, 3.63) is 23.8 Å². The molecule has 0 aromatic heterocycles. The number of carboxylic acid groups (broad SMARTS) is 1. The summed E-state index contributed by atoms with van der Waals surface area (Å²) < 4.78 is 10.9. The number of hydrogen-bond donors (Lipinski definition) is 2. The van der Waals surface area contributed by atoms with E-state index in [4.69, 9.17) is 14.6 Å². The molecular weight excluding hydrogens is 224 g/mol. The van der Waals surface area contributed by atoms with E-state index in [1.165, 1.54) is 0 Å². The normalized spacial score (nSPS) is 16.1. The van der Waals surface area contributed by atoms with E-state index >= 15 is 0 Å². The van der Waals surface area contributed by atoms with Gasteiger partial charge in [0.15, 0.2) is 11.5 Å². The lowest BCUT2D eigenvalue weighted by Crippen LogP contribution is -2.05. The predicted octanol–water partition coefficient (Wildman–Crippen LogP) is 1.36. The van der Waals surface area contributed by atoms with Crippen LogP contribution in [-0.2, 0) is 4.79 Å². The quantitative estimate of drug-likeness (QED) is 0.831. The summed E-state index contributed by atoms with van der Waals surface area (Å²) in [6.45, 7) is 1.16. The van der Waals surface area contributed by atoms with Crippen molar-refractivity contribution in [2.45, 2.75) is 18.9 Å². The molecule has 1 atom stereocenters. The van der Waals surface area contributed by atoms with E-state index in [9.17, 15) is 9.90 Å². The number of rotatable bonds is 3. The first-order chi connectivity index (χ1) is 8.16. The SMILES string of the molecule is O=C(O)CC(O)c1ccc2c(c1)OCCCO2. The number of ether oxygens (including phenoxy) is 2. The van der Waals surface area contributed by atoms with Crippen LogP contribution in [-0.4, -0.2) is 29.4 Å². The Hall–Kier alpha value is -1.75. The number of carboxylic acids is 1. The molecule has 1 aromatic carbocycles. The lowest BCUT2D eigenvalue weighted by atomic mass is 10.1. The van der Waals surface area contributed by atoms with Crippen LogP contribution in [0.2, 0.25) is 0 Å². The molecule has 1 aliphatic rings. The molecule has 1 heterocycles. The minimum absolute atomic E-state index is 0.320. The Morgan fingerprint density at radius 2 is 2.00 bits per heavy atom. The molecule has 0 aliphatic carbocycles.